The first-order valence-corrected chi connectivity index (χ1v) is 8.45. The zero-order valence-corrected chi connectivity index (χ0v) is 15.6. The third-order valence-electron chi connectivity index (χ3n) is 3.65. The van der Waals surface area contributed by atoms with Crippen LogP contribution in [0.25, 0.3) is 5.78 Å². The zero-order chi connectivity index (χ0) is 18.5. The van der Waals surface area contributed by atoms with E-state index >= 15 is 0 Å². The van der Waals surface area contributed by atoms with Crippen molar-refractivity contribution in [3.8, 4) is 11.5 Å². The molecule has 0 bridgehead atoms. The standard InChI is InChI=1S/C17H20ClN5O3/c1-4-26-16-13(18)5-11(6-14(16)25-3)8-19-15-7-12(9-24-2)22-17-20-10-21-23(15)17/h5-7,10,19H,4,8-9H2,1-3H3. The van der Waals surface area contributed by atoms with Crippen molar-refractivity contribution in [2.75, 3.05) is 26.1 Å². The van der Waals surface area contributed by atoms with Gasteiger partial charge in [0.15, 0.2) is 11.5 Å². The number of methoxy groups -OCH3 is 2. The molecule has 0 radical (unpaired) electrons. The maximum atomic E-state index is 6.33. The highest BCUT2D eigenvalue weighted by atomic mass is 35.5. The van der Waals surface area contributed by atoms with Gasteiger partial charge in [-0.05, 0) is 24.6 Å². The van der Waals surface area contributed by atoms with Crippen molar-refractivity contribution < 1.29 is 14.2 Å². The van der Waals surface area contributed by atoms with E-state index in [2.05, 4.69) is 20.4 Å². The predicted octanol–water partition coefficient (Wildman–Crippen LogP) is 2.94. The van der Waals surface area contributed by atoms with Crippen LogP contribution in [0.15, 0.2) is 24.5 Å². The summed E-state index contributed by atoms with van der Waals surface area (Å²) >= 11 is 6.33. The van der Waals surface area contributed by atoms with E-state index in [-0.39, 0.29) is 0 Å². The maximum absolute atomic E-state index is 6.33. The maximum Gasteiger partial charge on any atom is 0.254 e. The van der Waals surface area contributed by atoms with Gasteiger partial charge in [0.05, 0.1) is 31.0 Å². The molecule has 2 heterocycles. The van der Waals surface area contributed by atoms with Gasteiger partial charge in [-0.3, -0.25) is 0 Å². The molecule has 0 atom stereocenters. The van der Waals surface area contributed by atoms with Crippen LogP contribution in [0.5, 0.6) is 11.5 Å². The SMILES string of the molecule is CCOc1c(Cl)cc(CNc2cc(COC)nc3ncnn23)cc1OC. The molecule has 0 aliphatic carbocycles. The minimum absolute atomic E-state index is 0.390. The molecule has 0 aliphatic heterocycles. The number of rotatable bonds is 8. The number of ether oxygens (including phenoxy) is 3. The van der Waals surface area contributed by atoms with E-state index < -0.39 is 0 Å². The number of hydrogen-bond donors (Lipinski definition) is 1. The Morgan fingerprint density at radius 1 is 1.23 bits per heavy atom. The Balaban J connectivity index is 1.86. The molecule has 0 fully saturated rings. The largest absolute Gasteiger partial charge is 0.493 e. The molecule has 0 amide bonds. The van der Waals surface area contributed by atoms with Gasteiger partial charge < -0.3 is 19.5 Å². The first kappa shape index (κ1) is 18.2. The van der Waals surface area contributed by atoms with Gasteiger partial charge in [0, 0.05) is 19.7 Å². The van der Waals surface area contributed by atoms with Crippen LogP contribution in [0.3, 0.4) is 0 Å². The minimum Gasteiger partial charge on any atom is -0.493 e. The number of nitrogens with one attached hydrogen (secondary N) is 1. The van der Waals surface area contributed by atoms with Gasteiger partial charge in [0.1, 0.15) is 12.1 Å². The van der Waals surface area contributed by atoms with E-state index in [9.17, 15) is 0 Å². The number of hydrogen-bond acceptors (Lipinski definition) is 7. The molecule has 8 nitrogen and oxygen atoms in total. The van der Waals surface area contributed by atoms with Crippen molar-refractivity contribution >= 4 is 23.2 Å². The summed E-state index contributed by atoms with van der Waals surface area (Å²) in [5, 5.41) is 8.02. The molecule has 0 aliphatic rings. The van der Waals surface area contributed by atoms with Crippen molar-refractivity contribution in [2.24, 2.45) is 0 Å². The molecule has 0 saturated heterocycles. The normalized spacial score (nSPS) is 10.9. The van der Waals surface area contributed by atoms with Crippen LogP contribution >= 0.6 is 11.6 Å². The lowest BCUT2D eigenvalue weighted by molar-refractivity contribution is 0.181. The van der Waals surface area contributed by atoms with Gasteiger partial charge in [-0.25, -0.2) is 4.98 Å². The Morgan fingerprint density at radius 2 is 2.08 bits per heavy atom. The summed E-state index contributed by atoms with van der Waals surface area (Å²) in [6, 6.07) is 5.61. The second kappa shape index (κ2) is 8.20. The molecular weight excluding hydrogens is 358 g/mol. The summed E-state index contributed by atoms with van der Waals surface area (Å²) in [6.45, 7) is 3.31. The highest BCUT2D eigenvalue weighted by molar-refractivity contribution is 6.32. The number of benzene rings is 1. The lowest BCUT2D eigenvalue weighted by atomic mass is 10.2. The average Bonchev–Trinajstić information content (AvgIpc) is 3.10. The quantitative estimate of drug-likeness (QED) is 0.646. The molecule has 3 rings (SSSR count). The number of fused-ring (bicyclic) bond motifs is 1. The van der Waals surface area contributed by atoms with Crippen molar-refractivity contribution in [1.82, 2.24) is 19.6 Å². The van der Waals surface area contributed by atoms with E-state index in [4.69, 9.17) is 25.8 Å². The van der Waals surface area contributed by atoms with Crippen molar-refractivity contribution in [2.45, 2.75) is 20.1 Å². The predicted molar refractivity (Wildman–Crippen MR) is 98.0 cm³/mol. The van der Waals surface area contributed by atoms with Crippen LogP contribution in [0, 0.1) is 0 Å². The van der Waals surface area contributed by atoms with Gasteiger partial charge in [0.25, 0.3) is 5.78 Å². The topological polar surface area (TPSA) is 82.8 Å². The van der Waals surface area contributed by atoms with Crippen molar-refractivity contribution in [1.29, 1.82) is 0 Å². The molecule has 26 heavy (non-hydrogen) atoms. The average molecular weight is 378 g/mol. The molecule has 0 unspecified atom stereocenters. The van der Waals surface area contributed by atoms with E-state index in [0.29, 0.717) is 42.1 Å². The fourth-order valence-electron chi connectivity index (χ4n) is 2.56. The van der Waals surface area contributed by atoms with Gasteiger partial charge >= 0.3 is 0 Å². The van der Waals surface area contributed by atoms with Crippen LogP contribution in [0.1, 0.15) is 18.2 Å². The fraction of sp³-hybridized carbons (Fsp3) is 0.353. The van der Waals surface area contributed by atoms with Crippen molar-refractivity contribution in [3.63, 3.8) is 0 Å². The van der Waals surface area contributed by atoms with E-state index in [1.54, 1.807) is 18.7 Å². The summed E-state index contributed by atoms with van der Waals surface area (Å²) in [7, 11) is 3.21. The molecule has 0 saturated carbocycles. The highest BCUT2D eigenvalue weighted by Crippen LogP contribution is 2.36. The molecule has 0 spiro atoms. The van der Waals surface area contributed by atoms with Crippen LogP contribution in [0.2, 0.25) is 5.02 Å². The second-order valence-corrected chi connectivity index (χ2v) is 5.84. The molecule has 3 aromatic rings. The summed E-state index contributed by atoms with van der Waals surface area (Å²) in [6.07, 6.45) is 1.46. The lowest BCUT2D eigenvalue weighted by Crippen LogP contribution is -2.08. The van der Waals surface area contributed by atoms with Gasteiger partial charge in [-0.2, -0.15) is 14.6 Å². The van der Waals surface area contributed by atoms with Crippen LogP contribution < -0.4 is 14.8 Å². The van der Waals surface area contributed by atoms with Crippen molar-refractivity contribution in [3.05, 3.63) is 40.8 Å². The number of aromatic nitrogens is 4. The van der Waals surface area contributed by atoms with Gasteiger partial charge in [0.2, 0.25) is 0 Å². The third-order valence-corrected chi connectivity index (χ3v) is 3.93. The fourth-order valence-corrected chi connectivity index (χ4v) is 2.85. The number of halogens is 1. The summed E-state index contributed by atoms with van der Waals surface area (Å²) in [5.74, 6) is 2.40. The Hall–Kier alpha value is -2.58. The summed E-state index contributed by atoms with van der Waals surface area (Å²) in [4.78, 5) is 8.52. The highest BCUT2D eigenvalue weighted by Gasteiger charge is 2.13. The summed E-state index contributed by atoms with van der Waals surface area (Å²) in [5.41, 5.74) is 1.70. The molecular formula is C17H20ClN5O3. The lowest BCUT2D eigenvalue weighted by Gasteiger charge is -2.14. The van der Waals surface area contributed by atoms with Crippen LogP contribution in [0.4, 0.5) is 5.82 Å². The molecule has 1 N–H and O–H groups in total. The van der Waals surface area contributed by atoms with E-state index in [1.807, 2.05) is 25.1 Å². The van der Waals surface area contributed by atoms with E-state index in [0.717, 1.165) is 17.1 Å². The monoisotopic (exact) mass is 377 g/mol. The summed E-state index contributed by atoms with van der Waals surface area (Å²) < 4.78 is 17.7. The smallest absolute Gasteiger partial charge is 0.254 e. The Bertz CT molecular complexity index is 899. The molecule has 1 aromatic carbocycles. The first-order chi connectivity index (χ1) is 12.7. The Kier molecular flexibility index (Phi) is 5.75. The zero-order valence-electron chi connectivity index (χ0n) is 14.8. The van der Waals surface area contributed by atoms with Crippen LogP contribution in [-0.4, -0.2) is 40.4 Å². The molecule has 138 valence electrons. The van der Waals surface area contributed by atoms with Crippen LogP contribution in [-0.2, 0) is 17.9 Å². The number of nitrogens with zero attached hydrogens (tertiary/aromatic N) is 4. The van der Waals surface area contributed by atoms with Gasteiger partial charge in [-0.15, -0.1) is 0 Å². The first-order valence-electron chi connectivity index (χ1n) is 8.08. The van der Waals surface area contributed by atoms with Gasteiger partial charge in [-0.1, -0.05) is 11.6 Å². The third kappa shape index (κ3) is 3.81. The Morgan fingerprint density at radius 3 is 2.81 bits per heavy atom. The number of anilines is 1. The Labute approximate surface area is 156 Å². The minimum atomic E-state index is 0.390. The second-order valence-electron chi connectivity index (χ2n) is 5.43. The van der Waals surface area contributed by atoms with E-state index in [1.165, 1.54) is 6.33 Å². The molecule has 2 aromatic heterocycles. The molecule has 9 heteroatoms.